The summed E-state index contributed by atoms with van der Waals surface area (Å²) >= 11 is 0. The summed E-state index contributed by atoms with van der Waals surface area (Å²) in [7, 11) is 3.10. The Labute approximate surface area is 90.4 Å². The lowest BCUT2D eigenvalue weighted by Crippen LogP contribution is -2.11. The van der Waals surface area contributed by atoms with Crippen LogP contribution >= 0.6 is 0 Å². The van der Waals surface area contributed by atoms with Crippen molar-refractivity contribution in [3.63, 3.8) is 0 Å². The molecule has 0 fully saturated rings. The van der Waals surface area contributed by atoms with Crippen LogP contribution in [0.3, 0.4) is 0 Å². The lowest BCUT2D eigenvalue weighted by molar-refractivity contribution is -0.118. The molecule has 0 atom stereocenters. The van der Waals surface area contributed by atoms with Gasteiger partial charge in [0.25, 0.3) is 0 Å². The fourth-order valence-corrected chi connectivity index (χ4v) is 0. The van der Waals surface area contributed by atoms with E-state index < -0.39 is 0 Å². The first kappa shape index (κ1) is 23.3. The van der Waals surface area contributed by atoms with E-state index in [1.54, 1.807) is 7.05 Å². The Morgan fingerprint density at radius 2 is 0.933 bits per heavy atom. The Morgan fingerprint density at radius 1 is 0.867 bits per heavy atom. The number of primary amides is 2. The van der Waals surface area contributed by atoms with Gasteiger partial charge >= 0.3 is 0 Å². The molecule has 0 aliphatic carbocycles. The van der Waals surface area contributed by atoms with Gasteiger partial charge in [-0.25, -0.2) is 0 Å². The Hall–Kier alpha value is -1.63. The smallest absolute Gasteiger partial charge is 0.216 e. The van der Waals surface area contributed by atoms with Crippen LogP contribution in [0.1, 0.15) is 20.8 Å². The van der Waals surface area contributed by atoms with Gasteiger partial charge in [0.05, 0.1) is 0 Å². The minimum Gasteiger partial charge on any atom is -0.370 e. The Morgan fingerprint density at radius 3 is 0.933 bits per heavy atom. The third-order valence-corrected chi connectivity index (χ3v) is 0.352. The van der Waals surface area contributed by atoms with Crippen molar-refractivity contribution in [1.82, 2.24) is 5.32 Å². The van der Waals surface area contributed by atoms with Crippen molar-refractivity contribution in [3.05, 3.63) is 0 Å². The number of rotatable bonds is 0. The van der Waals surface area contributed by atoms with E-state index in [-0.39, 0.29) is 17.7 Å². The minimum atomic E-state index is -0.333. The predicted octanol–water partition coefficient (Wildman–Crippen LogP) is -1.69. The maximum atomic E-state index is 9.70. The second kappa shape index (κ2) is 22.8. The molecule has 0 spiro atoms. The molecule has 0 saturated carbocycles. The molecule has 0 bridgehead atoms. The maximum absolute atomic E-state index is 9.70. The van der Waals surface area contributed by atoms with E-state index in [1.165, 1.54) is 27.8 Å². The summed E-state index contributed by atoms with van der Waals surface area (Å²) in [6.45, 7) is 4.08. The Balaban J connectivity index is -0.0000000562. The van der Waals surface area contributed by atoms with E-state index >= 15 is 0 Å². The third-order valence-electron chi connectivity index (χ3n) is 0.352. The van der Waals surface area contributed by atoms with Crippen LogP contribution in [-0.2, 0) is 14.4 Å². The highest BCUT2D eigenvalue weighted by molar-refractivity contribution is 5.72. The fraction of sp³-hybridized carbons (Fsp3) is 0.625. The number of carbonyl (C=O) groups excluding carboxylic acids is 3. The number of carbonyl (C=O) groups is 3. The lowest BCUT2D eigenvalue weighted by atomic mass is 10.7. The maximum Gasteiger partial charge on any atom is 0.216 e. The van der Waals surface area contributed by atoms with Gasteiger partial charge in [0, 0.05) is 27.8 Å². The highest BCUT2D eigenvalue weighted by Crippen LogP contribution is 1.45. The monoisotopic (exact) mass is 222 g/mol. The molecule has 0 aromatic carbocycles. The molecule has 3 amide bonds. The summed E-state index contributed by atoms with van der Waals surface area (Å²) in [6.07, 6.45) is 0. The second-order valence-corrected chi connectivity index (χ2v) is 2.03. The van der Waals surface area contributed by atoms with Crippen molar-refractivity contribution >= 4 is 17.7 Å². The quantitative estimate of drug-likeness (QED) is 0.388. The van der Waals surface area contributed by atoms with E-state index in [4.69, 9.17) is 0 Å². The zero-order valence-electron chi connectivity index (χ0n) is 9.96. The van der Waals surface area contributed by atoms with E-state index in [0.717, 1.165) is 0 Å². The SMILES string of the molecule is CC(N)=O.CC(N)=O.CN.CNC(C)=O. The van der Waals surface area contributed by atoms with Crippen LogP contribution in [0.5, 0.6) is 0 Å². The third kappa shape index (κ3) is 9720. The molecule has 0 unspecified atom stereocenters. The highest BCUT2D eigenvalue weighted by atomic mass is 16.2. The van der Waals surface area contributed by atoms with Crippen molar-refractivity contribution in [2.45, 2.75) is 20.8 Å². The Bertz CT molecular complexity index is 151. The summed E-state index contributed by atoms with van der Waals surface area (Å²) in [4.78, 5) is 28.1. The van der Waals surface area contributed by atoms with Crippen molar-refractivity contribution in [2.24, 2.45) is 17.2 Å². The molecule has 15 heavy (non-hydrogen) atoms. The largest absolute Gasteiger partial charge is 0.370 e. The van der Waals surface area contributed by atoms with Gasteiger partial charge in [-0.05, 0) is 7.05 Å². The molecule has 92 valence electrons. The number of nitrogens with one attached hydrogen (secondary N) is 1. The molecule has 0 aliphatic heterocycles. The van der Waals surface area contributed by atoms with E-state index in [2.05, 4.69) is 22.5 Å². The zero-order valence-corrected chi connectivity index (χ0v) is 9.96. The van der Waals surface area contributed by atoms with E-state index in [9.17, 15) is 14.4 Å². The molecule has 0 saturated heterocycles. The topological polar surface area (TPSA) is 141 Å². The van der Waals surface area contributed by atoms with Gasteiger partial charge in [-0.1, -0.05) is 0 Å². The summed E-state index contributed by atoms with van der Waals surface area (Å²) in [5.74, 6) is -0.662. The molecule has 0 aromatic rings. The summed E-state index contributed by atoms with van der Waals surface area (Å²) in [6, 6.07) is 0. The first-order valence-electron chi connectivity index (χ1n) is 4.02. The standard InChI is InChI=1S/C3H7NO.2C2H5NO.CH5N/c1-3(5)4-2;2*1-2(3)4;1-2/h1-2H3,(H,4,5);2*1H3,(H2,3,4);2H2,1H3. The fourth-order valence-electron chi connectivity index (χ4n) is 0. The minimum absolute atomic E-state index is 0.00463. The van der Waals surface area contributed by atoms with E-state index in [1.807, 2.05) is 0 Å². The molecule has 7 heteroatoms. The number of nitrogens with two attached hydrogens (primary N) is 3. The first-order chi connectivity index (χ1) is 6.73. The zero-order chi connectivity index (χ0) is 13.4. The van der Waals surface area contributed by atoms with Crippen molar-refractivity contribution in [1.29, 1.82) is 0 Å². The molecule has 0 heterocycles. The van der Waals surface area contributed by atoms with Crippen LogP contribution in [0.25, 0.3) is 0 Å². The van der Waals surface area contributed by atoms with Crippen LogP contribution in [0, 0.1) is 0 Å². The normalized spacial score (nSPS) is 6.00. The first-order valence-corrected chi connectivity index (χ1v) is 4.02. The van der Waals surface area contributed by atoms with Crippen LogP contribution < -0.4 is 22.5 Å². The molecule has 7 N–H and O–H groups in total. The van der Waals surface area contributed by atoms with Gasteiger partial charge in [-0.2, -0.15) is 0 Å². The molecule has 0 aromatic heterocycles. The summed E-state index contributed by atoms with van der Waals surface area (Å²) in [5, 5.41) is 2.39. The summed E-state index contributed by atoms with van der Waals surface area (Å²) in [5.41, 5.74) is 13.4. The average molecular weight is 222 g/mol. The number of amides is 3. The Kier molecular flexibility index (Phi) is 35.5. The van der Waals surface area contributed by atoms with Gasteiger partial charge in [-0.15, -0.1) is 0 Å². The van der Waals surface area contributed by atoms with Crippen molar-refractivity contribution in [3.8, 4) is 0 Å². The van der Waals surface area contributed by atoms with Gasteiger partial charge in [0.1, 0.15) is 0 Å². The molecule has 0 radical (unpaired) electrons. The van der Waals surface area contributed by atoms with Gasteiger partial charge < -0.3 is 22.5 Å². The molecular formula is C8H22N4O3. The van der Waals surface area contributed by atoms with Crippen molar-refractivity contribution in [2.75, 3.05) is 14.1 Å². The summed E-state index contributed by atoms with van der Waals surface area (Å²) < 4.78 is 0. The van der Waals surface area contributed by atoms with E-state index in [0.29, 0.717) is 0 Å². The molecule has 0 rings (SSSR count). The lowest BCUT2D eigenvalue weighted by Gasteiger charge is -1.80. The number of hydrogen-bond acceptors (Lipinski definition) is 4. The van der Waals surface area contributed by atoms with Crippen LogP contribution in [0.15, 0.2) is 0 Å². The van der Waals surface area contributed by atoms with Gasteiger partial charge in [0.2, 0.25) is 17.7 Å². The molecular weight excluding hydrogens is 200 g/mol. The molecule has 0 aliphatic rings. The number of hydrogen-bond donors (Lipinski definition) is 4. The average Bonchev–Trinajstić information content (AvgIpc) is 2.06. The predicted molar refractivity (Wildman–Crippen MR) is 59.6 cm³/mol. The van der Waals surface area contributed by atoms with Crippen LogP contribution in [-0.4, -0.2) is 31.8 Å². The highest BCUT2D eigenvalue weighted by Gasteiger charge is 1.72. The van der Waals surface area contributed by atoms with Crippen LogP contribution in [0.4, 0.5) is 0 Å². The second-order valence-electron chi connectivity index (χ2n) is 2.03. The van der Waals surface area contributed by atoms with Crippen LogP contribution in [0.2, 0.25) is 0 Å². The van der Waals surface area contributed by atoms with Gasteiger partial charge in [-0.3, -0.25) is 14.4 Å². The van der Waals surface area contributed by atoms with Gasteiger partial charge in [0.15, 0.2) is 0 Å². The molecule has 7 nitrogen and oxygen atoms in total. The van der Waals surface area contributed by atoms with Crippen molar-refractivity contribution < 1.29 is 14.4 Å².